The summed E-state index contributed by atoms with van der Waals surface area (Å²) in [7, 11) is 2.08. The monoisotopic (exact) mass is 304 g/mol. The van der Waals surface area contributed by atoms with E-state index in [1.165, 1.54) is 11.3 Å². The second kappa shape index (κ2) is 6.03. The van der Waals surface area contributed by atoms with Crippen molar-refractivity contribution in [2.45, 2.75) is 6.04 Å². The van der Waals surface area contributed by atoms with Gasteiger partial charge in [0.15, 0.2) is 0 Å². The maximum absolute atomic E-state index is 5.95. The van der Waals surface area contributed by atoms with Gasteiger partial charge in [-0.15, -0.1) is 0 Å². The molecule has 0 aliphatic rings. The lowest BCUT2D eigenvalue weighted by molar-refractivity contribution is 0.678. The fourth-order valence-electron chi connectivity index (χ4n) is 2.08. The molecule has 2 nitrogen and oxygen atoms in total. The summed E-state index contributed by atoms with van der Waals surface area (Å²) in [6.45, 7) is 0.577. The Balaban J connectivity index is 2.32. The van der Waals surface area contributed by atoms with E-state index in [4.69, 9.17) is 5.73 Å². The highest BCUT2D eigenvalue weighted by Crippen LogP contribution is 2.29. The number of hydrogen-bond acceptors (Lipinski definition) is 2. The van der Waals surface area contributed by atoms with Crippen LogP contribution in [-0.2, 0) is 0 Å². The fourth-order valence-corrected chi connectivity index (χ4v) is 2.63. The Kier molecular flexibility index (Phi) is 4.39. The highest BCUT2D eigenvalue weighted by atomic mass is 79.9. The van der Waals surface area contributed by atoms with Crippen LogP contribution >= 0.6 is 15.9 Å². The molecule has 2 rings (SSSR count). The van der Waals surface area contributed by atoms with Crippen LogP contribution in [0, 0.1) is 0 Å². The molecule has 0 radical (unpaired) electrons. The molecule has 0 heterocycles. The highest BCUT2D eigenvalue weighted by Gasteiger charge is 2.17. The van der Waals surface area contributed by atoms with Crippen molar-refractivity contribution in [2.75, 3.05) is 18.5 Å². The predicted octanol–water partition coefficient (Wildman–Crippen LogP) is 3.59. The number of likely N-dealkylation sites (N-methyl/N-ethyl adjacent to an activating group) is 1. The minimum atomic E-state index is 0.169. The molecule has 0 saturated heterocycles. The lowest BCUT2D eigenvalue weighted by Crippen LogP contribution is -2.30. The molecule has 0 aliphatic heterocycles. The summed E-state index contributed by atoms with van der Waals surface area (Å²) in [5.74, 6) is 0. The summed E-state index contributed by atoms with van der Waals surface area (Å²) in [5.41, 5.74) is 8.33. The number of benzene rings is 2. The average molecular weight is 305 g/mol. The van der Waals surface area contributed by atoms with E-state index in [1.54, 1.807) is 0 Å². The minimum Gasteiger partial charge on any atom is -0.366 e. The van der Waals surface area contributed by atoms with Gasteiger partial charge in [0.2, 0.25) is 0 Å². The van der Waals surface area contributed by atoms with Gasteiger partial charge in [-0.2, -0.15) is 0 Å². The summed E-state index contributed by atoms with van der Waals surface area (Å²) >= 11 is 3.60. The summed E-state index contributed by atoms with van der Waals surface area (Å²) in [6, 6.07) is 18.7. The van der Waals surface area contributed by atoms with Gasteiger partial charge in [-0.1, -0.05) is 52.3 Å². The minimum absolute atomic E-state index is 0.169. The Labute approximate surface area is 117 Å². The smallest absolute Gasteiger partial charge is 0.0672 e. The highest BCUT2D eigenvalue weighted by molar-refractivity contribution is 9.10. The van der Waals surface area contributed by atoms with Crippen molar-refractivity contribution in [3.05, 3.63) is 64.6 Å². The van der Waals surface area contributed by atoms with Gasteiger partial charge in [0.05, 0.1) is 6.04 Å². The zero-order valence-electron chi connectivity index (χ0n) is 10.4. The first-order valence-corrected chi connectivity index (χ1v) is 6.75. The molecule has 0 spiro atoms. The van der Waals surface area contributed by atoms with E-state index < -0.39 is 0 Å². The van der Waals surface area contributed by atoms with Gasteiger partial charge < -0.3 is 10.6 Å². The lowest BCUT2D eigenvalue weighted by atomic mass is 10.1. The molecule has 3 heteroatoms. The molecule has 1 unspecified atom stereocenters. The summed E-state index contributed by atoms with van der Waals surface area (Å²) in [4.78, 5) is 2.21. The first-order chi connectivity index (χ1) is 8.74. The fraction of sp³-hybridized carbons (Fsp3) is 0.200. The van der Waals surface area contributed by atoms with Crippen molar-refractivity contribution in [1.29, 1.82) is 0 Å². The summed E-state index contributed by atoms with van der Waals surface area (Å²) in [6.07, 6.45) is 0. The second-order valence-electron chi connectivity index (χ2n) is 4.22. The molecule has 2 aromatic rings. The number of rotatable bonds is 4. The first-order valence-electron chi connectivity index (χ1n) is 5.96. The molecule has 94 valence electrons. The van der Waals surface area contributed by atoms with Gasteiger partial charge in [-0.25, -0.2) is 0 Å². The van der Waals surface area contributed by atoms with Crippen LogP contribution in [0.15, 0.2) is 59.1 Å². The van der Waals surface area contributed by atoms with E-state index >= 15 is 0 Å². The van der Waals surface area contributed by atoms with Gasteiger partial charge in [0, 0.05) is 23.8 Å². The number of hydrogen-bond donors (Lipinski definition) is 1. The summed E-state index contributed by atoms with van der Waals surface area (Å²) < 4.78 is 1.10. The van der Waals surface area contributed by atoms with Crippen LogP contribution in [0.2, 0.25) is 0 Å². The van der Waals surface area contributed by atoms with Gasteiger partial charge in [0.1, 0.15) is 0 Å². The molecular formula is C15H17BrN2. The molecule has 2 N–H and O–H groups in total. The van der Waals surface area contributed by atoms with Crippen molar-refractivity contribution in [3.8, 4) is 0 Å². The zero-order valence-corrected chi connectivity index (χ0v) is 12.0. The van der Waals surface area contributed by atoms with Crippen LogP contribution in [0.4, 0.5) is 5.69 Å². The van der Waals surface area contributed by atoms with E-state index in [9.17, 15) is 0 Å². The van der Waals surface area contributed by atoms with Crippen LogP contribution in [0.5, 0.6) is 0 Å². The maximum Gasteiger partial charge on any atom is 0.0672 e. The largest absolute Gasteiger partial charge is 0.366 e. The SMILES string of the molecule is CN(c1ccccc1)C(CN)c1ccccc1Br. The molecular weight excluding hydrogens is 288 g/mol. The van der Waals surface area contributed by atoms with Gasteiger partial charge in [0.25, 0.3) is 0 Å². The van der Waals surface area contributed by atoms with Crippen LogP contribution in [0.25, 0.3) is 0 Å². The number of halogens is 1. The van der Waals surface area contributed by atoms with E-state index in [1.807, 2.05) is 30.3 Å². The Hall–Kier alpha value is -1.32. The summed E-state index contributed by atoms with van der Waals surface area (Å²) in [5, 5.41) is 0. The molecule has 0 aliphatic carbocycles. The molecule has 1 atom stereocenters. The molecule has 18 heavy (non-hydrogen) atoms. The third-order valence-corrected chi connectivity index (χ3v) is 3.84. The molecule has 2 aromatic carbocycles. The first kappa shape index (κ1) is 13.1. The van der Waals surface area contributed by atoms with E-state index in [0.29, 0.717) is 6.54 Å². The van der Waals surface area contributed by atoms with Crippen molar-refractivity contribution in [1.82, 2.24) is 0 Å². The van der Waals surface area contributed by atoms with Crippen molar-refractivity contribution >= 4 is 21.6 Å². The van der Waals surface area contributed by atoms with Gasteiger partial charge >= 0.3 is 0 Å². The Morgan fingerprint density at radius 3 is 2.28 bits per heavy atom. The quantitative estimate of drug-likeness (QED) is 0.935. The molecule has 0 aromatic heterocycles. The number of anilines is 1. The van der Waals surface area contributed by atoms with Crippen LogP contribution in [0.3, 0.4) is 0 Å². The second-order valence-corrected chi connectivity index (χ2v) is 5.07. The molecule has 0 saturated carbocycles. The lowest BCUT2D eigenvalue weighted by Gasteiger charge is -2.30. The van der Waals surface area contributed by atoms with Gasteiger partial charge in [-0.3, -0.25) is 0 Å². The van der Waals surface area contributed by atoms with Crippen molar-refractivity contribution in [2.24, 2.45) is 5.73 Å². The number of nitrogens with two attached hydrogens (primary N) is 1. The number of para-hydroxylation sites is 1. The third kappa shape index (κ3) is 2.74. The maximum atomic E-state index is 5.95. The van der Waals surface area contributed by atoms with Crippen LogP contribution < -0.4 is 10.6 Å². The molecule has 0 fully saturated rings. The predicted molar refractivity (Wildman–Crippen MR) is 80.8 cm³/mol. The van der Waals surface area contributed by atoms with Gasteiger partial charge in [-0.05, 0) is 23.8 Å². The van der Waals surface area contributed by atoms with Crippen molar-refractivity contribution < 1.29 is 0 Å². The molecule has 0 bridgehead atoms. The third-order valence-electron chi connectivity index (χ3n) is 3.12. The standard InChI is InChI=1S/C15H17BrN2/c1-18(12-7-3-2-4-8-12)15(11-17)13-9-5-6-10-14(13)16/h2-10,15H,11,17H2,1H3. The number of nitrogens with zero attached hydrogens (tertiary/aromatic N) is 1. The van der Waals surface area contributed by atoms with E-state index in [2.05, 4.69) is 52.1 Å². The zero-order chi connectivity index (χ0) is 13.0. The Morgan fingerprint density at radius 1 is 1.06 bits per heavy atom. The topological polar surface area (TPSA) is 29.3 Å². The average Bonchev–Trinajstić information content (AvgIpc) is 2.42. The van der Waals surface area contributed by atoms with E-state index in [0.717, 1.165) is 4.47 Å². The molecule has 0 amide bonds. The van der Waals surface area contributed by atoms with Crippen LogP contribution in [0.1, 0.15) is 11.6 Å². The van der Waals surface area contributed by atoms with Crippen molar-refractivity contribution in [3.63, 3.8) is 0 Å². The Bertz CT molecular complexity index is 499. The van der Waals surface area contributed by atoms with Crippen LogP contribution in [-0.4, -0.2) is 13.6 Å². The van der Waals surface area contributed by atoms with E-state index in [-0.39, 0.29) is 6.04 Å². The normalized spacial score (nSPS) is 12.2. The Morgan fingerprint density at radius 2 is 1.67 bits per heavy atom.